The first-order valence-corrected chi connectivity index (χ1v) is 6.64. The highest BCUT2D eigenvalue weighted by Gasteiger charge is 2.12. The van der Waals surface area contributed by atoms with Crippen molar-refractivity contribution in [1.29, 1.82) is 0 Å². The van der Waals surface area contributed by atoms with Crippen LogP contribution in [0.2, 0.25) is 0 Å². The predicted octanol–water partition coefficient (Wildman–Crippen LogP) is 3.02. The summed E-state index contributed by atoms with van der Waals surface area (Å²) in [6.45, 7) is 0.617. The molecular formula is C17H20N2O. The standard InChI is InChI=1S/C17H20N2O/c1-18(2)16-11-7-10-15(12-16)17(20)19(3)13-14-8-5-4-6-9-14/h4-12H,13H2,1-3H3. The maximum atomic E-state index is 12.4. The molecule has 0 spiro atoms. The Hall–Kier alpha value is -2.29. The fourth-order valence-electron chi connectivity index (χ4n) is 2.07. The Balaban J connectivity index is 2.12. The summed E-state index contributed by atoms with van der Waals surface area (Å²) < 4.78 is 0. The second kappa shape index (κ2) is 6.24. The van der Waals surface area contributed by atoms with Gasteiger partial charge in [0.2, 0.25) is 0 Å². The largest absolute Gasteiger partial charge is 0.378 e. The van der Waals surface area contributed by atoms with E-state index in [1.165, 1.54) is 0 Å². The Labute approximate surface area is 120 Å². The van der Waals surface area contributed by atoms with E-state index in [0.717, 1.165) is 16.8 Å². The lowest BCUT2D eigenvalue weighted by Gasteiger charge is -2.19. The Morgan fingerprint density at radius 3 is 2.30 bits per heavy atom. The minimum Gasteiger partial charge on any atom is -0.378 e. The molecule has 2 aromatic rings. The molecule has 0 atom stereocenters. The normalized spacial score (nSPS) is 10.2. The molecular weight excluding hydrogens is 248 g/mol. The summed E-state index contributed by atoms with van der Waals surface area (Å²) >= 11 is 0. The van der Waals surface area contributed by atoms with E-state index in [4.69, 9.17) is 0 Å². The quantitative estimate of drug-likeness (QED) is 0.851. The van der Waals surface area contributed by atoms with Gasteiger partial charge >= 0.3 is 0 Å². The predicted molar refractivity (Wildman–Crippen MR) is 83.0 cm³/mol. The van der Waals surface area contributed by atoms with Crippen LogP contribution >= 0.6 is 0 Å². The summed E-state index contributed by atoms with van der Waals surface area (Å²) in [4.78, 5) is 16.2. The Kier molecular flexibility index (Phi) is 4.41. The maximum Gasteiger partial charge on any atom is 0.253 e. The van der Waals surface area contributed by atoms with Crippen LogP contribution in [0.1, 0.15) is 15.9 Å². The molecule has 0 radical (unpaired) electrons. The van der Waals surface area contributed by atoms with Crippen LogP contribution in [0.15, 0.2) is 54.6 Å². The van der Waals surface area contributed by atoms with E-state index < -0.39 is 0 Å². The van der Waals surface area contributed by atoms with Crippen LogP contribution in [0.3, 0.4) is 0 Å². The van der Waals surface area contributed by atoms with E-state index >= 15 is 0 Å². The van der Waals surface area contributed by atoms with Gasteiger partial charge in [-0.1, -0.05) is 36.4 Å². The van der Waals surface area contributed by atoms with Gasteiger partial charge in [-0.25, -0.2) is 0 Å². The summed E-state index contributed by atoms with van der Waals surface area (Å²) in [5.74, 6) is 0.0394. The first-order valence-electron chi connectivity index (χ1n) is 6.64. The molecule has 0 unspecified atom stereocenters. The van der Waals surface area contributed by atoms with Crippen LogP contribution in [0.5, 0.6) is 0 Å². The number of hydrogen-bond acceptors (Lipinski definition) is 2. The lowest BCUT2D eigenvalue weighted by atomic mass is 10.1. The topological polar surface area (TPSA) is 23.6 Å². The molecule has 0 heterocycles. The molecule has 0 N–H and O–H groups in total. The van der Waals surface area contributed by atoms with Crippen LogP contribution in [0.4, 0.5) is 5.69 Å². The molecule has 20 heavy (non-hydrogen) atoms. The van der Waals surface area contributed by atoms with Crippen molar-refractivity contribution in [2.45, 2.75) is 6.54 Å². The minimum absolute atomic E-state index is 0.0394. The number of carbonyl (C=O) groups excluding carboxylic acids is 1. The molecule has 0 bridgehead atoms. The van der Waals surface area contributed by atoms with Crippen molar-refractivity contribution in [3.63, 3.8) is 0 Å². The zero-order valence-electron chi connectivity index (χ0n) is 12.2. The molecule has 0 saturated heterocycles. The molecule has 0 fully saturated rings. The third kappa shape index (κ3) is 3.38. The number of amides is 1. The second-order valence-corrected chi connectivity index (χ2v) is 5.09. The van der Waals surface area contributed by atoms with Crippen LogP contribution in [-0.2, 0) is 6.54 Å². The van der Waals surface area contributed by atoms with E-state index in [2.05, 4.69) is 0 Å². The smallest absolute Gasteiger partial charge is 0.253 e. The van der Waals surface area contributed by atoms with Crippen molar-refractivity contribution in [3.05, 3.63) is 65.7 Å². The summed E-state index contributed by atoms with van der Waals surface area (Å²) in [7, 11) is 5.77. The fraction of sp³-hybridized carbons (Fsp3) is 0.235. The van der Waals surface area contributed by atoms with Crippen molar-refractivity contribution in [1.82, 2.24) is 4.90 Å². The van der Waals surface area contributed by atoms with Gasteiger partial charge in [-0.15, -0.1) is 0 Å². The van der Waals surface area contributed by atoms with Gasteiger partial charge in [-0.2, -0.15) is 0 Å². The highest BCUT2D eigenvalue weighted by molar-refractivity contribution is 5.95. The summed E-state index contributed by atoms with van der Waals surface area (Å²) in [5, 5.41) is 0. The number of rotatable bonds is 4. The van der Waals surface area contributed by atoms with Gasteiger partial charge in [0.15, 0.2) is 0 Å². The number of benzene rings is 2. The maximum absolute atomic E-state index is 12.4. The van der Waals surface area contributed by atoms with Crippen molar-refractivity contribution >= 4 is 11.6 Å². The van der Waals surface area contributed by atoms with Crippen LogP contribution in [-0.4, -0.2) is 32.0 Å². The van der Waals surface area contributed by atoms with Crippen LogP contribution in [0, 0.1) is 0 Å². The number of nitrogens with zero attached hydrogens (tertiary/aromatic N) is 2. The van der Waals surface area contributed by atoms with Crippen LogP contribution in [0.25, 0.3) is 0 Å². The average Bonchev–Trinajstić information content (AvgIpc) is 2.47. The molecule has 104 valence electrons. The van der Waals surface area contributed by atoms with Gasteiger partial charge in [-0.05, 0) is 23.8 Å². The molecule has 1 amide bonds. The summed E-state index contributed by atoms with van der Waals surface area (Å²) in [6.07, 6.45) is 0. The number of anilines is 1. The average molecular weight is 268 g/mol. The Morgan fingerprint density at radius 2 is 1.65 bits per heavy atom. The van der Waals surface area contributed by atoms with Crippen molar-refractivity contribution in [2.24, 2.45) is 0 Å². The molecule has 2 aromatic carbocycles. The van der Waals surface area contributed by atoms with Gasteiger partial charge in [0.25, 0.3) is 5.91 Å². The lowest BCUT2D eigenvalue weighted by molar-refractivity contribution is 0.0785. The third-order valence-electron chi connectivity index (χ3n) is 3.22. The third-order valence-corrected chi connectivity index (χ3v) is 3.22. The van der Waals surface area contributed by atoms with E-state index in [9.17, 15) is 4.79 Å². The molecule has 0 aliphatic heterocycles. The molecule has 0 saturated carbocycles. The summed E-state index contributed by atoms with van der Waals surface area (Å²) in [5.41, 5.74) is 2.88. The molecule has 0 aromatic heterocycles. The SMILES string of the molecule is CN(Cc1ccccc1)C(=O)c1cccc(N(C)C)c1. The zero-order valence-corrected chi connectivity index (χ0v) is 12.2. The van der Waals surface area contributed by atoms with Crippen molar-refractivity contribution < 1.29 is 4.79 Å². The lowest BCUT2D eigenvalue weighted by Crippen LogP contribution is -2.26. The molecule has 0 aliphatic carbocycles. The van der Waals surface area contributed by atoms with Gasteiger partial charge in [0, 0.05) is 38.9 Å². The van der Waals surface area contributed by atoms with Gasteiger partial charge in [-0.3, -0.25) is 4.79 Å². The van der Waals surface area contributed by atoms with Gasteiger partial charge < -0.3 is 9.80 Å². The molecule has 3 nitrogen and oxygen atoms in total. The minimum atomic E-state index is 0.0394. The van der Waals surface area contributed by atoms with Crippen molar-refractivity contribution in [2.75, 3.05) is 26.0 Å². The highest BCUT2D eigenvalue weighted by Crippen LogP contribution is 2.15. The van der Waals surface area contributed by atoms with Gasteiger partial charge in [0.05, 0.1) is 0 Å². The van der Waals surface area contributed by atoms with E-state index in [1.807, 2.05) is 80.6 Å². The fourth-order valence-corrected chi connectivity index (χ4v) is 2.07. The molecule has 2 rings (SSSR count). The summed E-state index contributed by atoms with van der Waals surface area (Å²) in [6, 6.07) is 17.7. The van der Waals surface area contributed by atoms with E-state index in [-0.39, 0.29) is 5.91 Å². The van der Waals surface area contributed by atoms with Crippen LogP contribution < -0.4 is 4.90 Å². The number of carbonyl (C=O) groups is 1. The monoisotopic (exact) mass is 268 g/mol. The Morgan fingerprint density at radius 1 is 0.950 bits per heavy atom. The second-order valence-electron chi connectivity index (χ2n) is 5.09. The molecule has 0 aliphatic rings. The van der Waals surface area contributed by atoms with Gasteiger partial charge in [0.1, 0.15) is 0 Å². The first kappa shape index (κ1) is 14.1. The van der Waals surface area contributed by atoms with Crippen molar-refractivity contribution in [3.8, 4) is 0 Å². The zero-order chi connectivity index (χ0) is 14.5. The number of hydrogen-bond donors (Lipinski definition) is 0. The molecule has 3 heteroatoms. The first-order chi connectivity index (χ1) is 9.58. The van der Waals surface area contributed by atoms with E-state index in [1.54, 1.807) is 4.90 Å². The highest BCUT2D eigenvalue weighted by atomic mass is 16.2. The Bertz CT molecular complexity index is 579. The van der Waals surface area contributed by atoms with E-state index in [0.29, 0.717) is 6.54 Å².